The van der Waals surface area contributed by atoms with Gasteiger partial charge in [0.2, 0.25) is 5.88 Å². The standard InChI is InChI=1S/C13H8FN3O3/c14-7-1-3-8(4-2-7)20-10-6-16-12-11(17-10)9(5-15-12)13(18)19/h1-6H,(H,15,16)(H,18,19). The first kappa shape index (κ1) is 12.1. The first-order chi connectivity index (χ1) is 9.63. The topological polar surface area (TPSA) is 88.1 Å². The summed E-state index contributed by atoms with van der Waals surface area (Å²) in [5.74, 6) is -0.971. The van der Waals surface area contributed by atoms with Crippen LogP contribution in [-0.2, 0) is 0 Å². The van der Waals surface area contributed by atoms with Crippen LogP contribution >= 0.6 is 0 Å². The molecule has 0 unspecified atom stereocenters. The third kappa shape index (κ3) is 2.16. The van der Waals surface area contributed by atoms with E-state index in [0.717, 1.165) is 0 Å². The lowest BCUT2D eigenvalue weighted by atomic mass is 10.3. The third-order valence-electron chi connectivity index (χ3n) is 2.63. The van der Waals surface area contributed by atoms with Crippen LogP contribution in [0.2, 0.25) is 0 Å². The van der Waals surface area contributed by atoms with Gasteiger partial charge in [0, 0.05) is 6.20 Å². The molecule has 0 aliphatic rings. The van der Waals surface area contributed by atoms with Gasteiger partial charge in [-0.1, -0.05) is 0 Å². The first-order valence-electron chi connectivity index (χ1n) is 5.64. The quantitative estimate of drug-likeness (QED) is 0.765. The van der Waals surface area contributed by atoms with Gasteiger partial charge >= 0.3 is 5.97 Å². The van der Waals surface area contributed by atoms with Crippen molar-refractivity contribution in [1.82, 2.24) is 15.0 Å². The summed E-state index contributed by atoms with van der Waals surface area (Å²) >= 11 is 0. The number of nitrogens with one attached hydrogen (secondary N) is 1. The van der Waals surface area contributed by atoms with Gasteiger partial charge in [0.05, 0.1) is 6.20 Å². The minimum atomic E-state index is -1.11. The van der Waals surface area contributed by atoms with Crippen molar-refractivity contribution in [3.05, 3.63) is 48.0 Å². The van der Waals surface area contributed by atoms with E-state index >= 15 is 0 Å². The van der Waals surface area contributed by atoms with E-state index in [9.17, 15) is 9.18 Å². The van der Waals surface area contributed by atoms with Crippen molar-refractivity contribution in [3.8, 4) is 11.6 Å². The smallest absolute Gasteiger partial charge is 0.339 e. The first-order valence-corrected chi connectivity index (χ1v) is 5.64. The normalized spacial score (nSPS) is 10.7. The lowest BCUT2D eigenvalue weighted by Crippen LogP contribution is -1.96. The second-order valence-electron chi connectivity index (χ2n) is 3.97. The SMILES string of the molecule is O=C(O)c1c[nH]c2ncc(Oc3ccc(F)cc3)nc12. The number of aromatic carboxylic acids is 1. The zero-order chi connectivity index (χ0) is 14.1. The number of hydrogen-bond acceptors (Lipinski definition) is 4. The lowest BCUT2D eigenvalue weighted by Gasteiger charge is -2.04. The number of carboxylic acid groups (broad SMARTS) is 1. The number of benzene rings is 1. The second kappa shape index (κ2) is 4.61. The highest BCUT2D eigenvalue weighted by molar-refractivity contribution is 6.00. The van der Waals surface area contributed by atoms with Gasteiger partial charge in [-0.2, -0.15) is 0 Å². The molecule has 0 spiro atoms. The van der Waals surface area contributed by atoms with Gasteiger partial charge in [-0.05, 0) is 24.3 Å². The van der Waals surface area contributed by atoms with Gasteiger partial charge in [0.25, 0.3) is 0 Å². The number of aromatic amines is 1. The molecule has 3 rings (SSSR count). The summed E-state index contributed by atoms with van der Waals surface area (Å²) in [5, 5.41) is 9.01. The fourth-order valence-corrected chi connectivity index (χ4v) is 1.71. The van der Waals surface area contributed by atoms with E-state index in [0.29, 0.717) is 11.4 Å². The van der Waals surface area contributed by atoms with E-state index in [2.05, 4.69) is 15.0 Å². The van der Waals surface area contributed by atoms with Crippen molar-refractivity contribution >= 4 is 17.1 Å². The molecule has 20 heavy (non-hydrogen) atoms. The largest absolute Gasteiger partial charge is 0.478 e. The maximum absolute atomic E-state index is 12.8. The number of ether oxygens (including phenoxy) is 1. The summed E-state index contributed by atoms with van der Waals surface area (Å²) in [7, 11) is 0. The van der Waals surface area contributed by atoms with Crippen LogP contribution in [0.5, 0.6) is 11.6 Å². The number of rotatable bonds is 3. The summed E-state index contributed by atoms with van der Waals surface area (Å²) in [4.78, 5) is 21.8. The molecule has 0 saturated heterocycles. The highest BCUT2D eigenvalue weighted by atomic mass is 19.1. The zero-order valence-corrected chi connectivity index (χ0v) is 10.0. The van der Waals surface area contributed by atoms with Crippen LogP contribution in [0.3, 0.4) is 0 Å². The van der Waals surface area contributed by atoms with Crippen LogP contribution in [0.1, 0.15) is 10.4 Å². The summed E-state index contributed by atoms with van der Waals surface area (Å²) in [5.41, 5.74) is 0.572. The van der Waals surface area contributed by atoms with Gasteiger partial charge in [0.15, 0.2) is 5.65 Å². The highest BCUT2D eigenvalue weighted by Crippen LogP contribution is 2.22. The molecule has 0 fully saturated rings. The average molecular weight is 273 g/mol. The molecule has 1 aromatic carbocycles. The molecule has 0 aliphatic carbocycles. The van der Waals surface area contributed by atoms with Crippen LogP contribution in [-0.4, -0.2) is 26.0 Å². The number of H-pyrrole nitrogens is 1. The summed E-state index contributed by atoms with van der Waals surface area (Å²) < 4.78 is 18.2. The minimum absolute atomic E-state index is 0.0112. The van der Waals surface area contributed by atoms with E-state index in [4.69, 9.17) is 9.84 Å². The van der Waals surface area contributed by atoms with Crippen molar-refractivity contribution < 1.29 is 19.0 Å². The van der Waals surface area contributed by atoms with Crippen LogP contribution < -0.4 is 4.74 Å². The van der Waals surface area contributed by atoms with Crippen molar-refractivity contribution in [2.75, 3.05) is 0 Å². The summed E-state index contributed by atoms with van der Waals surface area (Å²) in [6.07, 6.45) is 2.67. The Labute approximate surface area is 111 Å². The predicted molar refractivity (Wildman–Crippen MR) is 67.3 cm³/mol. The Kier molecular flexibility index (Phi) is 2.79. The lowest BCUT2D eigenvalue weighted by molar-refractivity contribution is 0.0699. The highest BCUT2D eigenvalue weighted by Gasteiger charge is 2.14. The molecule has 6 nitrogen and oxygen atoms in total. The molecule has 0 radical (unpaired) electrons. The molecule has 0 bridgehead atoms. The van der Waals surface area contributed by atoms with Crippen LogP contribution in [0.4, 0.5) is 4.39 Å². The monoisotopic (exact) mass is 273 g/mol. The Morgan fingerprint density at radius 2 is 2.05 bits per heavy atom. The number of carboxylic acids is 1. The molecule has 0 amide bonds. The molecule has 2 heterocycles. The molecular formula is C13H8FN3O3. The van der Waals surface area contributed by atoms with Gasteiger partial charge in [-0.25, -0.2) is 19.2 Å². The van der Waals surface area contributed by atoms with Gasteiger partial charge in [0.1, 0.15) is 22.6 Å². The van der Waals surface area contributed by atoms with Crippen molar-refractivity contribution in [2.24, 2.45) is 0 Å². The molecule has 2 N–H and O–H groups in total. The van der Waals surface area contributed by atoms with Gasteiger partial charge in [-0.3, -0.25) is 0 Å². The van der Waals surface area contributed by atoms with Gasteiger partial charge < -0.3 is 14.8 Å². The number of fused-ring (bicyclic) bond motifs is 1. The number of aromatic nitrogens is 3. The van der Waals surface area contributed by atoms with E-state index in [1.807, 2.05) is 0 Å². The number of nitrogens with zero attached hydrogens (tertiary/aromatic N) is 2. The zero-order valence-electron chi connectivity index (χ0n) is 10.0. The van der Waals surface area contributed by atoms with Crippen molar-refractivity contribution in [3.63, 3.8) is 0 Å². The molecule has 2 aromatic heterocycles. The summed E-state index contributed by atoms with van der Waals surface area (Å²) in [6, 6.07) is 5.38. The van der Waals surface area contributed by atoms with E-state index < -0.39 is 5.97 Å². The Hall–Kier alpha value is -2.96. The van der Waals surface area contributed by atoms with Crippen molar-refractivity contribution in [2.45, 2.75) is 0 Å². The average Bonchev–Trinajstić information content (AvgIpc) is 2.84. The van der Waals surface area contributed by atoms with Crippen molar-refractivity contribution in [1.29, 1.82) is 0 Å². The Morgan fingerprint density at radius 3 is 2.75 bits per heavy atom. The van der Waals surface area contributed by atoms with E-state index in [1.54, 1.807) is 0 Å². The fraction of sp³-hybridized carbons (Fsp3) is 0. The van der Waals surface area contributed by atoms with Crippen LogP contribution in [0, 0.1) is 5.82 Å². The number of halogens is 1. The molecule has 0 atom stereocenters. The second-order valence-corrected chi connectivity index (χ2v) is 3.97. The molecule has 7 heteroatoms. The van der Waals surface area contributed by atoms with Crippen LogP contribution in [0.25, 0.3) is 11.2 Å². The maximum Gasteiger partial charge on any atom is 0.339 e. The predicted octanol–water partition coefficient (Wildman–Crippen LogP) is 2.59. The Bertz CT molecular complexity index is 783. The van der Waals surface area contributed by atoms with E-state index in [-0.39, 0.29) is 22.8 Å². The molecule has 0 aliphatic heterocycles. The minimum Gasteiger partial charge on any atom is -0.478 e. The molecular weight excluding hydrogens is 265 g/mol. The molecule has 100 valence electrons. The third-order valence-corrected chi connectivity index (χ3v) is 2.63. The number of hydrogen-bond donors (Lipinski definition) is 2. The van der Waals surface area contributed by atoms with Crippen LogP contribution in [0.15, 0.2) is 36.7 Å². The fourth-order valence-electron chi connectivity index (χ4n) is 1.71. The summed E-state index contributed by atoms with van der Waals surface area (Å²) in [6.45, 7) is 0. The van der Waals surface area contributed by atoms with Gasteiger partial charge in [-0.15, -0.1) is 0 Å². The molecule has 0 saturated carbocycles. The molecule has 3 aromatic rings. The van der Waals surface area contributed by atoms with E-state index in [1.165, 1.54) is 36.7 Å². The Morgan fingerprint density at radius 1 is 1.30 bits per heavy atom. The Balaban J connectivity index is 1.97. The number of carbonyl (C=O) groups is 1. The maximum atomic E-state index is 12.8.